The maximum atomic E-state index is 12.4. The van der Waals surface area contributed by atoms with Gasteiger partial charge in [0.15, 0.2) is 0 Å². The van der Waals surface area contributed by atoms with Crippen LogP contribution in [0.2, 0.25) is 5.02 Å². The Hall–Kier alpha value is -1.92. The Labute approximate surface area is 167 Å². The molecule has 1 atom stereocenters. The van der Waals surface area contributed by atoms with Gasteiger partial charge in [-0.15, -0.1) is 11.3 Å². The van der Waals surface area contributed by atoms with Crippen LogP contribution in [0.5, 0.6) is 0 Å². The van der Waals surface area contributed by atoms with Gasteiger partial charge < -0.3 is 9.64 Å². The summed E-state index contributed by atoms with van der Waals surface area (Å²) in [5.41, 5.74) is 1.70. The average Bonchev–Trinajstić information content (AvgIpc) is 3.41. The highest BCUT2D eigenvalue weighted by atomic mass is 35.5. The molecule has 0 unspecified atom stereocenters. The monoisotopic (exact) mass is 404 g/mol. The molecule has 1 aromatic carbocycles. The molecule has 1 aromatic heterocycles. The van der Waals surface area contributed by atoms with Gasteiger partial charge in [0.1, 0.15) is 11.6 Å². The first-order chi connectivity index (χ1) is 13.1. The number of carbonyl (C=O) groups is 2. The zero-order valence-corrected chi connectivity index (χ0v) is 16.5. The smallest absolute Gasteiger partial charge is 0.311 e. The summed E-state index contributed by atoms with van der Waals surface area (Å²) in [6.07, 6.45) is 4.72. The number of thiazole rings is 1. The topological polar surface area (TPSA) is 59.5 Å². The standard InChI is InChI=1S/C20H21ClN2O3S/c21-15-7-5-13(6-8-15)19-22-16(12-27-19)11-26-20(25)14-9-18(24)23(10-14)17-3-1-2-4-17/h5-8,12,14,17H,1-4,9-11H2/t14-/m0/s1. The fourth-order valence-corrected chi connectivity index (χ4v) is 4.76. The van der Waals surface area contributed by atoms with E-state index in [1.54, 1.807) is 0 Å². The number of benzene rings is 1. The van der Waals surface area contributed by atoms with E-state index < -0.39 is 0 Å². The number of hydrogen-bond acceptors (Lipinski definition) is 5. The third-order valence-corrected chi connectivity index (χ3v) is 6.45. The molecule has 1 amide bonds. The van der Waals surface area contributed by atoms with E-state index in [0.29, 0.717) is 17.6 Å². The summed E-state index contributed by atoms with van der Waals surface area (Å²) in [4.78, 5) is 31.0. The summed E-state index contributed by atoms with van der Waals surface area (Å²) < 4.78 is 5.44. The fourth-order valence-electron chi connectivity index (χ4n) is 3.82. The quantitative estimate of drug-likeness (QED) is 0.697. The SMILES string of the molecule is O=C(OCc1csc(-c2ccc(Cl)cc2)n1)[C@H]1CC(=O)N(C2CCCC2)C1. The van der Waals surface area contributed by atoms with Crippen molar-refractivity contribution in [2.45, 2.75) is 44.8 Å². The van der Waals surface area contributed by atoms with Gasteiger partial charge in [-0.1, -0.05) is 36.6 Å². The number of carbonyl (C=O) groups excluding carboxylic acids is 2. The molecule has 142 valence electrons. The molecular formula is C20H21ClN2O3S. The Kier molecular flexibility index (Phi) is 5.45. The van der Waals surface area contributed by atoms with Crippen LogP contribution < -0.4 is 0 Å². The molecule has 0 radical (unpaired) electrons. The van der Waals surface area contributed by atoms with Gasteiger partial charge in [0.2, 0.25) is 5.91 Å². The van der Waals surface area contributed by atoms with Crippen molar-refractivity contribution in [3.63, 3.8) is 0 Å². The summed E-state index contributed by atoms with van der Waals surface area (Å²) in [6.45, 7) is 0.631. The van der Waals surface area contributed by atoms with Crippen molar-refractivity contribution in [1.29, 1.82) is 0 Å². The summed E-state index contributed by atoms with van der Waals surface area (Å²) in [5, 5.41) is 3.44. The number of hydrogen-bond donors (Lipinski definition) is 0. The lowest BCUT2D eigenvalue weighted by Crippen LogP contribution is -2.35. The second-order valence-corrected chi connectivity index (χ2v) is 8.44. The van der Waals surface area contributed by atoms with Gasteiger partial charge in [0.05, 0.1) is 11.6 Å². The van der Waals surface area contributed by atoms with E-state index in [4.69, 9.17) is 16.3 Å². The number of halogens is 1. The lowest BCUT2D eigenvalue weighted by molar-refractivity contribution is -0.149. The van der Waals surface area contributed by atoms with Crippen molar-refractivity contribution >= 4 is 34.8 Å². The highest BCUT2D eigenvalue weighted by Gasteiger charge is 2.39. The second-order valence-electron chi connectivity index (χ2n) is 7.14. The molecule has 2 fully saturated rings. The number of amides is 1. The molecule has 27 heavy (non-hydrogen) atoms. The number of esters is 1. The van der Waals surface area contributed by atoms with Gasteiger partial charge in [-0.25, -0.2) is 4.98 Å². The highest BCUT2D eigenvalue weighted by molar-refractivity contribution is 7.13. The number of aromatic nitrogens is 1. The first-order valence-electron chi connectivity index (χ1n) is 9.26. The Morgan fingerprint density at radius 3 is 2.74 bits per heavy atom. The third kappa shape index (κ3) is 4.17. The van der Waals surface area contributed by atoms with Gasteiger partial charge in [-0.2, -0.15) is 0 Å². The zero-order chi connectivity index (χ0) is 18.8. The number of rotatable bonds is 5. The Balaban J connectivity index is 1.32. The third-order valence-electron chi connectivity index (χ3n) is 5.26. The minimum absolute atomic E-state index is 0.0857. The summed E-state index contributed by atoms with van der Waals surface area (Å²) >= 11 is 7.41. The van der Waals surface area contributed by atoms with Gasteiger partial charge in [-0.3, -0.25) is 9.59 Å². The lowest BCUT2D eigenvalue weighted by atomic mass is 10.1. The molecule has 1 saturated heterocycles. The Morgan fingerprint density at radius 1 is 1.26 bits per heavy atom. The molecule has 4 rings (SSSR count). The van der Waals surface area contributed by atoms with Crippen molar-refractivity contribution in [3.8, 4) is 10.6 Å². The average molecular weight is 405 g/mol. The van der Waals surface area contributed by atoms with Crippen LogP contribution in [0.4, 0.5) is 0 Å². The minimum Gasteiger partial charge on any atom is -0.459 e. The first kappa shape index (κ1) is 18.4. The van der Waals surface area contributed by atoms with Crippen molar-refractivity contribution in [3.05, 3.63) is 40.4 Å². The molecular weight excluding hydrogens is 384 g/mol. The van der Waals surface area contributed by atoms with E-state index in [-0.39, 0.29) is 30.8 Å². The molecule has 2 aromatic rings. The number of likely N-dealkylation sites (tertiary alicyclic amines) is 1. The maximum Gasteiger partial charge on any atom is 0.311 e. The molecule has 0 bridgehead atoms. The molecule has 1 aliphatic heterocycles. The molecule has 2 heterocycles. The van der Waals surface area contributed by atoms with E-state index in [9.17, 15) is 9.59 Å². The van der Waals surface area contributed by atoms with Crippen LogP contribution in [0, 0.1) is 5.92 Å². The van der Waals surface area contributed by atoms with Gasteiger partial charge in [0.25, 0.3) is 0 Å². The Morgan fingerprint density at radius 2 is 2.00 bits per heavy atom. The summed E-state index contributed by atoms with van der Waals surface area (Å²) in [6, 6.07) is 7.80. The van der Waals surface area contributed by atoms with Crippen LogP contribution in [-0.4, -0.2) is 34.3 Å². The van der Waals surface area contributed by atoms with E-state index in [1.807, 2.05) is 34.5 Å². The predicted octanol–water partition coefficient (Wildman–Crippen LogP) is 4.30. The second kappa shape index (κ2) is 7.98. The Bertz CT molecular complexity index is 830. The van der Waals surface area contributed by atoms with E-state index in [0.717, 1.165) is 29.1 Å². The van der Waals surface area contributed by atoms with Gasteiger partial charge in [-0.05, 0) is 25.0 Å². The maximum absolute atomic E-state index is 12.4. The fraction of sp³-hybridized carbons (Fsp3) is 0.450. The molecule has 7 heteroatoms. The number of ether oxygens (including phenoxy) is 1. The molecule has 2 aliphatic rings. The van der Waals surface area contributed by atoms with Crippen molar-refractivity contribution < 1.29 is 14.3 Å². The van der Waals surface area contributed by atoms with Crippen LogP contribution >= 0.6 is 22.9 Å². The lowest BCUT2D eigenvalue weighted by Gasteiger charge is -2.23. The number of nitrogens with zero attached hydrogens (tertiary/aromatic N) is 2. The zero-order valence-electron chi connectivity index (χ0n) is 14.9. The molecule has 0 N–H and O–H groups in total. The van der Waals surface area contributed by atoms with Crippen LogP contribution in [0.1, 0.15) is 37.8 Å². The van der Waals surface area contributed by atoms with E-state index in [2.05, 4.69) is 4.98 Å². The minimum atomic E-state index is -0.354. The summed E-state index contributed by atoms with van der Waals surface area (Å²) in [5.74, 6) is -0.570. The molecule has 5 nitrogen and oxygen atoms in total. The van der Waals surface area contributed by atoms with Crippen molar-refractivity contribution in [1.82, 2.24) is 9.88 Å². The van der Waals surface area contributed by atoms with Crippen LogP contribution in [0.15, 0.2) is 29.6 Å². The van der Waals surface area contributed by atoms with Crippen molar-refractivity contribution in [2.24, 2.45) is 5.92 Å². The van der Waals surface area contributed by atoms with Gasteiger partial charge in [0, 0.05) is 35.0 Å². The first-order valence-corrected chi connectivity index (χ1v) is 10.5. The van der Waals surface area contributed by atoms with E-state index >= 15 is 0 Å². The highest BCUT2D eigenvalue weighted by Crippen LogP contribution is 2.30. The largest absolute Gasteiger partial charge is 0.459 e. The van der Waals surface area contributed by atoms with Gasteiger partial charge >= 0.3 is 5.97 Å². The van der Waals surface area contributed by atoms with Crippen molar-refractivity contribution in [2.75, 3.05) is 6.54 Å². The van der Waals surface area contributed by atoms with Crippen LogP contribution in [0.25, 0.3) is 10.6 Å². The van der Waals surface area contributed by atoms with Crippen LogP contribution in [-0.2, 0) is 20.9 Å². The normalized spacial score (nSPS) is 20.4. The van der Waals surface area contributed by atoms with E-state index in [1.165, 1.54) is 24.2 Å². The molecule has 1 aliphatic carbocycles. The van der Waals surface area contributed by atoms with Crippen LogP contribution in [0.3, 0.4) is 0 Å². The summed E-state index contributed by atoms with van der Waals surface area (Å²) in [7, 11) is 0. The molecule has 1 saturated carbocycles. The molecule has 0 spiro atoms. The predicted molar refractivity (Wildman–Crippen MR) is 104 cm³/mol.